The summed E-state index contributed by atoms with van der Waals surface area (Å²) in [5.41, 5.74) is 1.13. The van der Waals surface area contributed by atoms with E-state index in [9.17, 15) is 4.79 Å². The van der Waals surface area contributed by atoms with Gasteiger partial charge in [-0.3, -0.25) is 4.79 Å². The van der Waals surface area contributed by atoms with Gasteiger partial charge < -0.3 is 19.3 Å². The summed E-state index contributed by atoms with van der Waals surface area (Å²) in [5, 5.41) is 6.72. The van der Waals surface area contributed by atoms with E-state index in [1.165, 1.54) is 0 Å². The maximum Gasteiger partial charge on any atom is 0.273 e. The highest BCUT2D eigenvalue weighted by Crippen LogP contribution is 2.20. The van der Waals surface area contributed by atoms with Crippen LogP contribution < -0.4 is 5.32 Å². The Labute approximate surface area is 128 Å². The fraction of sp³-hybridized carbons (Fsp3) is 0.375. The Morgan fingerprint density at radius 1 is 1.36 bits per heavy atom. The van der Waals surface area contributed by atoms with Gasteiger partial charge in [0, 0.05) is 18.2 Å². The fourth-order valence-corrected chi connectivity index (χ4v) is 2.41. The van der Waals surface area contributed by atoms with Gasteiger partial charge in [0.05, 0.1) is 19.3 Å². The molecule has 0 bridgehead atoms. The van der Waals surface area contributed by atoms with Crippen molar-refractivity contribution in [3.63, 3.8) is 0 Å². The third kappa shape index (κ3) is 3.18. The number of aromatic nitrogens is 1. The molecule has 6 heteroatoms. The molecule has 2 unspecified atom stereocenters. The summed E-state index contributed by atoms with van der Waals surface area (Å²) in [6.45, 7) is 3.44. The summed E-state index contributed by atoms with van der Waals surface area (Å²) >= 11 is 0. The smallest absolute Gasteiger partial charge is 0.273 e. The summed E-state index contributed by atoms with van der Waals surface area (Å²) in [4.78, 5) is 12.3. The Morgan fingerprint density at radius 3 is 2.95 bits per heavy atom. The SMILES string of the molecule is CCOC1COCC1NC(=O)c1cc(-c2ccccc2)on1. The first-order chi connectivity index (χ1) is 10.8. The van der Waals surface area contributed by atoms with Crippen LogP contribution >= 0.6 is 0 Å². The third-order valence-corrected chi connectivity index (χ3v) is 3.53. The fourth-order valence-electron chi connectivity index (χ4n) is 2.41. The highest BCUT2D eigenvalue weighted by molar-refractivity contribution is 5.93. The number of rotatable bonds is 5. The highest BCUT2D eigenvalue weighted by Gasteiger charge is 2.31. The van der Waals surface area contributed by atoms with E-state index in [0.717, 1.165) is 5.56 Å². The summed E-state index contributed by atoms with van der Waals surface area (Å²) in [5.74, 6) is 0.279. The van der Waals surface area contributed by atoms with Gasteiger partial charge in [-0.1, -0.05) is 35.5 Å². The standard InChI is InChI=1S/C16H18N2O4/c1-2-21-15-10-20-9-13(15)17-16(19)12-8-14(22-18-12)11-6-4-3-5-7-11/h3-8,13,15H,2,9-10H2,1H3,(H,17,19). The number of nitrogens with zero attached hydrogens (tertiary/aromatic N) is 1. The zero-order valence-electron chi connectivity index (χ0n) is 12.3. The maximum absolute atomic E-state index is 12.3. The molecule has 1 saturated heterocycles. The Balaban J connectivity index is 1.67. The van der Waals surface area contributed by atoms with E-state index in [1.54, 1.807) is 6.07 Å². The monoisotopic (exact) mass is 302 g/mol. The number of carbonyl (C=O) groups excluding carboxylic acids is 1. The lowest BCUT2D eigenvalue weighted by Crippen LogP contribution is -2.43. The lowest BCUT2D eigenvalue weighted by atomic mass is 10.1. The predicted molar refractivity (Wildman–Crippen MR) is 79.4 cm³/mol. The van der Waals surface area contributed by atoms with E-state index in [2.05, 4.69) is 10.5 Å². The van der Waals surface area contributed by atoms with Gasteiger partial charge in [-0.25, -0.2) is 0 Å². The van der Waals surface area contributed by atoms with Crippen LogP contribution in [-0.4, -0.2) is 43.0 Å². The molecule has 1 aromatic heterocycles. The first kappa shape index (κ1) is 14.7. The van der Waals surface area contributed by atoms with Crippen LogP contribution in [0.15, 0.2) is 40.9 Å². The molecule has 2 atom stereocenters. The second-order valence-corrected chi connectivity index (χ2v) is 5.05. The van der Waals surface area contributed by atoms with Gasteiger partial charge in [-0.2, -0.15) is 0 Å². The van der Waals surface area contributed by atoms with Crippen LogP contribution in [0.2, 0.25) is 0 Å². The van der Waals surface area contributed by atoms with Crippen LogP contribution in [0.1, 0.15) is 17.4 Å². The molecule has 0 saturated carbocycles. The van der Waals surface area contributed by atoms with Crippen LogP contribution in [0.5, 0.6) is 0 Å². The Hall–Kier alpha value is -2.18. The molecule has 3 rings (SSSR count). The van der Waals surface area contributed by atoms with Crippen LogP contribution in [0.25, 0.3) is 11.3 Å². The predicted octanol–water partition coefficient (Wildman–Crippen LogP) is 1.88. The molecule has 1 aliphatic rings. The second kappa shape index (κ2) is 6.72. The van der Waals surface area contributed by atoms with Crippen LogP contribution in [0, 0.1) is 0 Å². The first-order valence-electron chi connectivity index (χ1n) is 7.30. The molecule has 1 N–H and O–H groups in total. The molecule has 2 heterocycles. The zero-order chi connectivity index (χ0) is 15.4. The van der Waals surface area contributed by atoms with Crippen molar-refractivity contribution < 1.29 is 18.8 Å². The van der Waals surface area contributed by atoms with E-state index < -0.39 is 0 Å². The molecule has 6 nitrogen and oxygen atoms in total. The minimum absolute atomic E-state index is 0.116. The third-order valence-electron chi connectivity index (χ3n) is 3.53. The highest BCUT2D eigenvalue weighted by atomic mass is 16.5. The minimum Gasteiger partial charge on any atom is -0.376 e. The largest absolute Gasteiger partial charge is 0.376 e. The van der Waals surface area contributed by atoms with Crippen LogP contribution in [0.3, 0.4) is 0 Å². The van der Waals surface area contributed by atoms with E-state index in [-0.39, 0.29) is 23.7 Å². The minimum atomic E-state index is -0.286. The normalized spacial score (nSPS) is 21.0. The van der Waals surface area contributed by atoms with Crippen molar-refractivity contribution in [2.45, 2.75) is 19.1 Å². The molecule has 2 aromatic rings. The maximum atomic E-state index is 12.3. The molecule has 1 amide bonds. The van der Waals surface area contributed by atoms with Crippen molar-refractivity contribution in [1.29, 1.82) is 0 Å². The van der Waals surface area contributed by atoms with Gasteiger partial charge in [0.2, 0.25) is 0 Å². The van der Waals surface area contributed by atoms with Gasteiger partial charge in [-0.05, 0) is 6.92 Å². The molecule has 1 aromatic carbocycles. The molecular weight excluding hydrogens is 284 g/mol. The average Bonchev–Trinajstić information content (AvgIpc) is 3.19. The Kier molecular flexibility index (Phi) is 4.50. The number of hydrogen-bond acceptors (Lipinski definition) is 5. The summed E-state index contributed by atoms with van der Waals surface area (Å²) in [6.07, 6.45) is -0.116. The number of amides is 1. The van der Waals surface area contributed by atoms with Gasteiger partial charge >= 0.3 is 0 Å². The summed E-state index contributed by atoms with van der Waals surface area (Å²) < 4.78 is 16.1. The molecule has 22 heavy (non-hydrogen) atoms. The number of ether oxygens (including phenoxy) is 2. The zero-order valence-corrected chi connectivity index (χ0v) is 12.3. The van der Waals surface area contributed by atoms with Crippen molar-refractivity contribution in [3.8, 4) is 11.3 Å². The Morgan fingerprint density at radius 2 is 2.18 bits per heavy atom. The second-order valence-electron chi connectivity index (χ2n) is 5.05. The van der Waals surface area contributed by atoms with Gasteiger partial charge in [-0.15, -0.1) is 0 Å². The molecule has 116 valence electrons. The number of benzene rings is 1. The summed E-state index contributed by atoms with van der Waals surface area (Å²) in [6, 6.07) is 11.0. The Bertz CT molecular complexity index is 626. The van der Waals surface area contributed by atoms with Crippen molar-refractivity contribution in [1.82, 2.24) is 10.5 Å². The van der Waals surface area contributed by atoms with E-state index in [4.69, 9.17) is 14.0 Å². The van der Waals surface area contributed by atoms with Gasteiger partial charge in [0.25, 0.3) is 5.91 Å². The van der Waals surface area contributed by atoms with Gasteiger partial charge in [0.1, 0.15) is 6.10 Å². The van der Waals surface area contributed by atoms with Crippen molar-refractivity contribution in [2.75, 3.05) is 19.8 Å². The van der Waals surface area contributed by atoms with Gasteiger partial charge in [0.15, 0.2) is 11.5 Å². The molecule has 0 radical (unpaired) electrons. The average molecular weight is 302 g/mol. The van der Waals surface area contributed by atoms with E-state index in [0.29, 0.717) is 25.6 Å². The quantitative estimate of drug-likeness (QED) is 0.913. The molecular formula is C16H18N2O4. The molecule has 1 aliphatic heterocycles. The topological polar surface area (TPSA) is 73.6 Å². The van der Waals surface area contributed by atoms with Crippen LogP contribution in [0.4, 0.5) is 0 Å². The van der Waals surface area contributed by atoms with E-state index >= 15 is 0 Å². The number of nitrogens with one attached hydrogen (secondary N) is 1. The van der Waals surface area contributed by atoms with Crippen molar-refractivity contribution in [2.24, 2.45) is 0 Å². The molecule has 0 aliphatic carbocycles. The van der Waals surface area contributed by atoms with E-state index in [1.807, 2.05) is 37.3 Å². The molecule has 0 spiro atoms. The van der Waals surface area contributed by atoms with Crippen molar-refractivity contribution in [3.05, 3.63) is 42.1 Å². The van der Waals surface area contributed by atoms with Crippen molar-refractivity contribution >= 4 is 5.91 Å². The lowest BCUT2D eigenvalue weighted by molar-refractivity contribution is 0.0401. The van der Waals surface area contributed by atoms with Crippen LogP contribution in [-0.2, 0) is 9.47 Å². The number of carbonyl (C=O) groups is 1. The molecule has 1 fully saturated rings. The first-order valence-corrected chi connectivity index (χ1v) is 7.30. The number of hydrogen-bond donors (Lipinski definition) is 1. The lowest BCUT2D eigenvalue weighted by Gasteiger charge is -2.17. The summed E-state index contributed by atoms with van der Waals surface area (Å²) in [7, 11) is 0.